The number of rotatable bonds is 2. The summed E-state index contributed by atoms with van der Waals surface area (Å²) >= 11 is 0. The van der Waals surface area contributed by atoms with Crippen molar-refractivity contribution in [3.8, 4) is 11.3 Å². The average Bonchev–Trinajstić information content (AvgIpc) is 3.10. The highest BCUT2D eigenvalue weighted by molar-refractivity contribution is 6.09. The molecule has 3 N–H and O–H groups in total. The van der Waals surface area contributed by atoms with Gasteiger partial charge in [0.1, 0.15) is 5.82 Å². The zero-order chi connectivity index (χ0) is 15.1. The summed E-state index contributed by atoms with van der Waals surface area (Å²) in [6, 6.07) is 9.48. The molecule has 2 aromatic heterocycles. The summed E-state index contributed by atoms with van der Waals surface area (Å²) < 4.78 is 0. The molecule has 1 aliphatic rings. The first kappa shape index (κ1) is 12.9. The largest absolute Gasteiger partial charge is 0.364 e. The maximum Gasteiger partial charge on any atom is 0.257 e. The highest BCUT2D eigenvalue weighted by atomic mass is 16.1. The van der Waals surface area contributed by atoms with Gasteiger partial charge in [0.15, 0.2) is 0 Å². The summed E-state index contributed by atoms with van der Waals surface area (Å²) in [6.45, 7) is 1.94. The predicted octanol–water partition coefficient (Wildman–Crippen LogP) is 3.06. The Kier molecular flexibility index (Phi) is 2.85. The second-order valence-electron chi connectivity index (χ2n) is 5.53. The van der Waals surface area contributed by atoms with E-state index >= 15 is 0 Å². The first-order valence-corrected chi connectivity index (χ1v) is 7.35. The van der Waals surface area contributed by atoms with Crippen molar-refractivity contribution >= 4 is 11.6 Å². The van der Waals surface area contributed by atoms with Crippen molar-refractivity contribution in [2.24, 2.45) is 0 Å². The summed E-state index contributed by atoms with van der Waals surface area (Å²) in [4.78, 5) is 23.7. The van der Waals surface area contributed by atoms with Crippen molar-refractivity contribution in [2.75, 3.05) is 5.32 Å². The molecule has 5 heteroatoms. The molecule has 4 rings (SSSR count). The number of fused-ring (bicyclic) bond motifs is 3. The van der Waals surface area contributed by atoms with Gasteiger partial charge in [-0.25, -0.2) is 4.98 Å². The van der Waals surface area contributed by atoms with Crippen LogP contribution < -0.4 is 5.32 Å². The first-order valence-electron chi connectivity index (χ1n) is 7.35. The van der Waals surface area contributed by atoms with Crippen LogP contribution in [0.3, 0.4) is 0 Å². The molecule has 2 heterocycles. The molecule has 5 nitrogen and oxygen atoms in total. The zero-order valence-electron chi connectivity index (χ0n) is 12.2. The third-order valence-corrected chi connectivity index (χ3v) is 4.00. The van der Waals surface area contributed by atoms with Crippen LogP contribution >= 0.6 is 0 Å². The van der Waals surface area contributed by atoms with E-state index in [2.05, 4.69) is 20.3 Å². The number of amides is 1. The SMILES string of the molecule is Cc1nc2c([nH]1)CCc1[nH]cc(C(=O)Nc3ccccc3)c1-2. The van der Waals surface area contributed by atoms with Crippen LogP contribution in [-0.4, -0.2) is 20.9 Å². The Morgan fingerprint density at radius 3 is 2.77 bits per heavy atom. The molecule has 1 aromatic carbocycles. The summed E-state index contributed by atoms with van der Waals surface area (Å²) in [5.74, 6) is 0.769. The van der Waals surface area contributed by atoms with E-state index in [0.717, 1.165) is 47.0 Å². The van der Waals surface area contributed by atoms with Gasteiger partial charge in [-0.05, 0) is 31.9 Å². The average molecular weight is 292 g/mol. The number of aryl methyl sites for hydroxylation is 3. The van der Waals surface area contributed by atoms with Crippen LogP contribution in [0, 0.1) is 6.92 Å². The molecule has 110 valence electrons. The predicted molar refractivity (Wildman–Crippen MR) is 84.9 cm³/mol. The van der Waals surface area contributed by atoms with E-state index in [1.54, 1.807) is 6.20 Å². The Labute approximate surface area is 127 Å². The van der Waals surface area contributed by atoms with Gasteiger partial charge in [0.25, 0.3) is 5.91 Å². The molecule has 0 spiro atoms. The molecule has 0 fully saturated rings. The molecule has 0 bridgehead atoms. The van der Waals surface area contributed by atoms with Crippen molar-refractivity contribution in [3.05, 3.63) is 59.3 Å². The fraction of sp³-hybridized carbons (Fsp3) is 0.176. The number of benzene rings is 1. The lowest BCUT2D eigenvalue weighted by Crippen LogP contribution is -2.13. The second-order valence-corrected chi connectivity index (χ2v) is 5.53. The molecule has 0 unspecified atom stereocenters. The minimum absolute atomic E-state index is 0.114. The lowest BCUT2D eigenvalue weighted by atomic mass is 9.95. The number of carbonyl (C=O) groups is 1. The summed E-state index contributed by atoms with van der Waals surface area (Å²) in [5, 5.41) is 2.94. The van der Waals surface area contributed by atoms with E-state index in [9.17, 15) is 4.79 Å². The number of para-hydroxylation sites is 1. The summed E-state index contributed by atoms with van der Waals surface area (Å²) in [7, 11) is 0. The number of nitrogens with zero attached hydrogens (tertiary/aromatic N) is 1. The Balaban J connectivity index is 1.73. The highest BCUT2D eigenvalue weighted by Gasteiger charge is 2.26. The summed E-state index contributed by atoms with van der Waals surface area (Å²) in [5.41, 5.74) is 5.45. The smallest absolute Gasteiger partial charge is 0.257 e. The van der Waals surface area contributed by atoms with Gasteiger partial charge in [-0.3, -0.25) is 4.79 Å². The third kappa shape index (κ3) is 2.02. The summed E-state index contributed by atoms with van der Waals surface area (Å²) in [6.07, 6.45) is 3.59. The van der Waals surface area contributed by atoms with Crippen molar-refractivity contribution in [2.45, 2.75) is 19.8 Å². The topological polar surface area (TPSA) is 73.6 Å². The molecular weight excluding hydrogens is 276 g/mol. The van der Waals surface area contributed by atoms with Crippen molar-refractivity contribution in [3.63, 3.8) is 0 Å². The van der Waals surface area contributed by atoms with Crippen molar-refractivity contribution in [1.82, 2.24) is 15.0 Å². The molecule has 1 aliphatic carbocycles. The molecule has 3 aromatic rings. The van der Waals surface area contributed by atoms with Crippen LogP contribution in [0.2, 0.25) is 0 Å². The second kappa shape index (κ2) is 4.87. The number of hydrogen-bond acceptors (Lipinski definition) is 2. The van der Waals surface area contributed by atoms with E-state index in [4.69, 9.17) is 0 Å². The normalized spacial score (nSPS) is 12.6. The number of nitrogens with one attached hydrogen (secondary N) is 3. The van der Waals surface area contributed by atoms with Gasteiger partial charge < -0.3 is 15.3 Å². The van der Waals surface area contributed by atoms with Gasteiger partial charge in [0.05, 0.1) is 11.3 Å². The fourth-order valence-corrected chi connectivity index (χ4v) is 3.01. The highest BCUT2D eigenvalue weighted by Crippen LogP contribution is 2.34. The molecule has 0 atom stereocenters. The van der Waals surface area contributed by atoms with Gasteiger partial charge in [-0.15, -0.1) is 0 Å². The van der Waals surface area contributed by atoms with E-state index in [0.29, 0.717) is 5.56 Å². The molecule has 22 heavy (non-hydrogen) atoms. The van der Waals surface area contributed by atoms with Gasteiger partial charge in [-0.1, -0.05) is 18.2 Å². The van der Waals surface area contributed by atoms with Crippen LogP contribution in [0.15, 0.2) is 36.5 Å². The van der Waals surface area contributed by atoms with Crippen LogP contribution in [0.5, 0.6) is 0 Å². The maximum atomic E-state index is 12.6. The van der Waals surface area contributed by atoms with Crippen LogP contribution in [0.4, 0.5) is 5.69 Å². The van der Waals surface area contributed by atoms with Gasteiger partial charge >= 0.3 is 0 Å². The first-order chi connectivity index (χ1) is 10.7. The van der Waals surface area contributed by atoms with Crippen molar-refractivity contribution in [1.29, 1.82) is 0 Å². The Bertz CT molecular complexity index is 845. The standard InChI is InChI=1S/C17H16N4O/c1-10-19-14-8-7-13-15(16(14)20-10)12(9-18-13)17(22)21-11-5-3-2-4-6-11/h2-6,9,18H,7-8H2,1H3,(H,19,20)(H,21,22). The molecule has 0 radical (unpaired) electrons. The monoisotopic (exact) mass is 292 g/mol. The van der Waals surface area contributed by atoms with E-state index in [1.807, 2.05) is 37.3 Å². The van der Waals surface area contributed by atoms with Crippen LogP contribution in [0.25, 0.3) is 11.3 Å². The minimum Gasteiger partial charge on any atom is -0.364 e. The fourth-order valence-electron chi connectivity index (χ4n) is 3.01. The van der Waals surface area contributed by atoms with Crippen LogP contribution in [0.1, 0.15) is 27.6 Å². The minimum atomic E-state index is -0.114. The van der Waals surface area contributed by atoms with Crippen LogP contribution in [-0.2, 0) is 12.8 Å². The van der Waals surface area contributed by atoms with Gasteiger partial charge in [0, 0.05) is 28.8 Å². The van der Waals surface area contributed by atoms with Gasteiger partial charge in [-0.2, -0.15) is 0 Å². The zero-order valence-corrected chi connectivity index (χ0v) is 12.2. The number of carbonyl (C=O) groups excluding carboxylic acids is 1. The van der Waals surface area contributed by atoms with E-state index < -0.39 is 0 Å². The molecule has 1 amide bonds. The molecular formula is C17H16N4O. The number of aromatic amines is 2. The Morgan fingerprint density at radius 2 is 1.95 bits per heavy atom. The maximum absolute atomic E-state index is 12.6. The van der Waals surface area contributed by atoms with Crippen molar-refractivity contribution < 1.29 is 4.79 Å². The van der Waals surface area contributed by atoms with Gasteiger partial charge in [0.2, 0.25) is 0 Å². The number of hydrogen-bond donors (Lipinski definition) is 3. The number of anilines is 1. The molecule has 0 saturated heterocycles. The Morgan fingerprint density at radius 1 is 1.18 bits per heavy atom. The number of aromatic nitrogens is 3. The quantitative estimate of drug-likeness (QED) is 0.679. The Hall–Kier alpha value is -2.82. The van der Waals surface area contributed by atoms with E-state index in [-0.39, 0.29) is 5.91 Å². The third-order valence-electron chi connectivity index (χ3n) is 4.00. The molecule has 0 aliphatic heterocycles. The molecule has 0 saturated carbocycles. The van der Waals surface area contributed by atoms with E-state index in [1.165, 1.54) is 0 Å². The number of imidazole rings is 1. The lowest BCUT2D eigenvalue weighted by Gasteiger charge is -2.12. The lowest BCUT2D eigenvalue weighted by molar-refractivity contribution is 0.102. The number of H-pyrrole nitrogens is 2.